The zero-order valence-electron chi connectivity index (χ0n) is 16.2. The van der Waals surface area contributed by atoms with E-state index in [1.54, 1.807) is 0 Å². The molecular formula is C22H30N4O. The highest BCUT2D eigenvalue weighted by Crippen LogP contribution is 2.43. The van der Waals surface area contributed by atoms with Gasteiger partial charge in [0, 0.05) is 44.3 Å². The van der Waals surface area contributed by atoms with Crippen molar-refractivity contribution in [3.05, 3.63) is 42.6 Å². The van der Waals surface area contributed by atoms with Crippen molar-refractivity contribution in [3.8, 4) is 5.88 Å². The molecule has 2 aromatic rings. The van der Waals surface area contributed by atoms with Crippen molar-refractivity contribution in [1.29, 1.82) is 0 Å². The quantitative estimate of drug-likeness (QED) is 0.809. The van der Waals surface area contributed by atoms with Crippen LogP contribution < -0.4 is 4.74 Å². The van der Waals surface area contributed by atoms with Crippen molar-refractivity contribution in [2.24, 2.45) is 17.8 Å². The summed E-state index contributed by atoms with van der Waals surface area (Å²) in [7, 11) is 0. The molecule has 144 valence electrons. The van der Waals surface area contributed by atoms with Gasteiger partial charge in [0.05, 0.1) is 6.04 Å². The Morgan fingerprint density at radius 3 is 2.59 bits per heavy atom. The summed E-state index contributed by atoms with van der Waals surface area (Å²) in [5.41, 5.74) is 0. The number of aromatic nitrogens is 3. The van der Waals surface area contributed by atoms with Crippen LogP contribution >= 0.6 is 0 Å². The number of nitrogens with zero attached hydrogens (tertiary/aromatic N) is 4. The van der Waals surface area contributed by atoms with E-state index in [1.165, 1.54) is 45.3 Å². The fraction of sp³-hybridized carbons (Fsp3) is 0.636. The SMILES string of the molecule is Cc1nccn1[C@H]1C[C@H]2CN(CC3CCC3)C[C@H]2C[C@@H]1Oc1ccccn1. The lowest BCUT2D eigenvalue weighted by molar-refractivity contribution is 0.0504. The molecule has 0 spiro atoms. The molecule has 0 bridgehead atoms. The van der Waals surface area contributed by atoms with Gasteiger partial charge in [-0.05, 0) is 56.4 Å². The van der Waals surface area contributed by atoms with Crippen LogP contribution in [0.25, 0.3) is 0 Å². The Hall–Kier alpha value is -1.88. The van der Waals surface area contributed by atoms with E-state index in [0.29, 0.717) is 6.04 Å². The van der Waals surface area contributed by atoms with Gasteiger partial charge in [0.25, 0.3) is 0 Å². The van der Waals surface area contributed by atoms with Gasteiger partial charge in [-0.25, -0.2) is 9.97 Å². The maximum atomic E-state index is 6.43. The molecule has 0 amide bonds. The first-order valence-corrected chi connectivity index (χ1v) is 10.6. The van der Waals surface area contributed by atoms with Gasteiger partial charge >= 0.3 is 0 Å². The highest BCUT2D eigenvalue weighted by molar-refractivity contribution is 5.11. The molecule has 2 aromatic heterocycles. The summed E-state index contributed by atoms with van der Waals surface area (Å²) in [4.78, 5) is 11.6. The van der Waals surface area contributed by atoms with E-state index >= 15 is 0 Å². The van der Waals surface area contributed by atoms with Crippen molar-refractivity contribution in [3.63, 3.8) is 0 Å². The number of imidazole rings is 1. The average Bonchev–Trinajstić information content (AvgIpc) is 3.23. The van der Waals surface area contributed by atoms with Gasteiger partial charge in [0.2, 0.25) is 5.88 Å². The van der Waals surface area contributed by atoms with Crippen molar-refractivity contribution in [1.82, 2.24) is 19.4 Å². The summed E-state index contributed by atoms with van der Waals surface area (Å²) in [5, 5.41) is 0. The maximum absolute atomic E-state index is 6.43. The van der Waals surface area contributed by atoms with E-state index in [4.69, 9.17) is 4.74 Å². The van der Waals surface area contributed by atoms with Gasteiger partial charge in [-0.3, -0.25) is 0 Å². The minimum absolute atomic E-state index is 0.165. The van der Waals surface area contributed by atoms with Crippen LogP contribution in [0.4, 0.5) is 0 Å². The highest BCUT2D eigenvalue weighted by Gasteiger charge is 2.44. The Morgan fingerprint density at radius 1 is 1.07 bits per heavy atom. The molecule has 0 N–H and O–H groups in total. The molecule has 1 saturated heterocycles. The van der Waals surface area contributed by atoms with Crippen LogP contribution in [-0.2, 0) is 0 Å². The second-order valence-corrected chi connectivity index (χ2v) is 8.78. The monoisotopic (exact) mass is 366 g/mol. The van der Waals surface area contributed by atoms with E-state index in [1.807, 2.05) is 30.6 Å². The third-order valence-electron chi connectivity index (χ3n) is 7.03. The Labute approximate surface area is 161 Å². The number of fused-ring (bicyclic) bond motifs is 1. The van der Waals surface area contributed by atoms with Gasteiger partial charge in [-0.1, -0.05) is 12.5 Å². The molecule has 3 aliphatic rings. The first-order chi connectivity index (χ1) is 13.3. The van der Waals surface area contributed by atoms with E-state index in [-0.39, 0.29) is 6.10 Å². The molecule has 5 nitrogen and oxygen atoms in total. The van der Waals surface area contributed by atoms with E-state index in [2.05, 4.69) is 32.6 Å². The molecular weight excluding hydrogens is 336 g/mol. The summed E-state index contributed by atoms with van der Waals surface area (Å²) in [6.07, 6.45) is 12.6. The van der Waals surface area contributed by atoms with E-state index in [0.717, 1.165) is 35.9 Å². The van der Waals surface area contributed by atoms with Gasteiger partial charge < -0.3 is 14.2 Å². The number of aryl methyl sites for hydroxylation is 1. The normalized spacial score (nSPS) is 31.4. The first-order valence-electron chi connectivity index (χ1n) is 10.6. The molecule has 0 radical (unpaired) electrons. The van der Waals surface area contributed by atoms with Crippen molar-refractivity contribution < 1.29 is 4.74 Å². The van der Waals surface area contributed by atoms with Gasteiger partial charge in [0.1, 0.15) is 11.9 Å². The lowest BCUT2D eigenvalue weighted by Crippen LogP contribution is -2.40. The van der Waals surface area contributed by atoms with Crippen LogP contribution in [0.2, 0.25) is 0 Å². The molecule has 0 unspecified atom stereocenters. The summed E-state index contributed by atoms with van der Waals surface area (Å²) in [5.74, 6) is 4.31. The molecule has 5 heteroatoms. The largest absolute Gasteiger partial charge is 0.472 e. The van der Waals surface area contributed by atoms with Gasteiger partial charge in [-0.2, -0.15) is 0 Å². The molecule has 0 aromatic carbocycles. The molecule has 2 aliphatic carbocycles. The van der Waals surface area contributed by atoms with Crippen LogP contribution in [0.15, 0.2) is 36.8 Å². The van der Waals surface area contributed by atoms with Crippen LogP contribution in [0, 0.1) is 24.7 Å². The molecule has 4 atom stereocenters. The standard InChI is InChI=1S/C22H30N4O/c1-16-23-9-10-26(16)20-11-18-14-25(13-17-5-4-6-17)15-19(18)12-21(20)27-22-7-2-3-8-24-22/h2-3,7-10,17-21H,4-6,11-15H2,1H3/t18-,19+,20-,21-/m0/s1. The maximum Gasteiger partial charge on any atom is 0.213 e. The third-order valence-corrected chi connectivity index (χ3v) is 7.03. The van der Waals surface area contributed by atoms with Gasteiger partial charge in [-0.15, -0.1) is 0 Å². The Kier molecular flexibility index (Phi) is 4.64. The van der Waals surface area contributed by atoms with E-state index in [9.17, 15) is 0 Å². The Bertz CT molecular complexity index is 757. The van der Waals surface area contributed by atoms with Crippen LogP contribution in [0.5, 0.6) is 5.88 Å². The fourth-order valence-corrected chi connectivity index (χ4v) is 5.41. The average molecular weight is 367 g/mol. The van der Waals surface area contributed by atoms with Crippen molar-refractivity contribution >= 4 is 0 Å². The number of likely N-dealkylation sites (tertiary alicyclic amines) is 1. The molecule has 2 saturated carbocycles. The fourth-order valence-electron chi connectivity index (χ4n) is 5.41. The second-order valence-electron chi connectivity index (χ2n) is 8.78. The Balaban J connectivity index is 1.34. The van der Waals surface area contributed by atoms with Crippen LogP contribution in [-0.4, -0.2) is 45.2 Å². The lowest BCUT2D eigenvalue weighted by atomic mass is 9.77. The van der Waals surface area contributed by atoms with Crippen molar-refractivity contribution in [2.75, 3.05) is 19.6 Å². The zero-order chi connectivity index (χ0) is 18.2. The molecule has 27 heavy (non-hydrogen) atoms. The summed E-state index contributed by atoms with van der Waals surface area (Å²) in [6, 6.07) is 6.26. The Morgan fingerprint density at radius 2 is 1.93 bits per heavy atom. The predicted octanol–water partition coefficient (Wildman–Crippen LogP) is 3.72. The van der Waals surface area contributed by atoms with E-state index < -0.39 is 0 Å². The topological polar surface area (TPSA) is 43.2 Å². The number of hydrogen-bond acceptors (Lipinski definition) is 4. The summed E-state index contributed by atoms with van der Waals surface area (Å²) >= 11 is 0. The zero-order valence-corrected chi connectivity index (χ0v) is 16.2. The van der Waals surface area contributed by atoms with Crippen molar-refractivity contribution in [2.45, 2.75) is 51.2 Å². The third kappa shape index (κ3) is 3.49. The predicted molar refractivity (Wildman–Crippen MR) is 105 cm³/mol. The highest BCUT2D eigenvalue weighted by atomic mass is 16.5. The second kappa shape index (κ2) is 7.27. The number of hydrogen-bond donors (Lipinski definition) is 0. The smallest absolute Gasteiger partial charge is 0.213 e. The van der Waals surface area contributed by atoms with Crippen LogP contribution in [0.3, 0.4) is 0 Å². The minimum atomic E-state index is 0.165. The number of rotatable bonds is 5. The number of pyridine rings is 1. The summed E-state index contributed by atoms with van der Waals surface area (Å²) in [6.45, 7) is 5.93. The summed E-state index contributed by atoms with van der Waals surface area (Å²) < 4.78 is 8.76. The number of ether oxygens (including phenoxy) is 1. The molecule has 3 fully saturated rings. The first kappa shape index (κ1) is 17.2. The van der Waals surface area contributed by atoms with Gasteiger partial charge in [0.15, 0.2) is 0 Å². The minimum Gasteiger partial charge on any atom is -0.472 e. The lowest BCUT2D eigenvalue weighted by Gasteiger charge is -2.38. The molecule has 3 heterocycles. The molecule has 5 rings (SSSR count). The molecule has 1 aliphatic heterocycles. The van der Waals surface area contributed by atoms with Crippen LogP contribution in [0.1, 0.15) is 44.0 Å².